The van der Waals surface area contributed by atoms with Gasteiger partial charge in [-0.05, 0) is 55.5 Å². The van der Waals surface area contributed by atoms with Crippen molar-refractivity contribution in [2.45, 2.75) is 32.7 Å². The lowest BCUT2D eigenvalue weighted by molar-refractivity contribution is 0.389. The van der Waals surface area contributed by atoms with Gasteiger partial charge in [0.05, 0.1) is 0 Å². The summed E-state index contributed by atoms with van der Waals surface area (Å²) in [5, 5.41) is 3.31. The number of rotatable bonds is 3. The summed E-state index contributed by atoms with van der Waals surface area (Å²) in [6, 6.07) is 5.59. The van der Waals surface area contributed by atoms with E-state index in [-0.39, 0.29) is 11.9 Å². The Hall–Kier alpha value is -0.890. The third kappa shape index (κ3) is 2.05. The molecular weight excluding hydrogens is 189 g/mol. The molecule has 0 spiro atoms. The maximum atomic E-state index is 13.3. The number of hydrogen-bond donors (Lipinski definition) is 1. The minimum Gasteiger partial charge on any atom is -0.313 e. The average Bonchev–Trinajstić information content (AvgIpc) is 2.83. The average molecular weight is 207 g/mol. The van der Waals surface area contributed by atoms with Gasteiger partial charge in [-0.15, -0.1) is 0 Å². The molecule has 1 unspecified atom stereocenters. The minimum atomic E-state index is -0.130. The minimum absolute atomic E-state index is 0.130. The van der Waals surface area contributed by atoms with Crippen molar-refractivity contribution in [3.8, 4) is 0 Å². The Balaban J connectivity index is 2.34. The molecule has 1 nitrogen and oxygen atoms in total. The maximum absolute atomic E-state index is 13.3. The maximum Gasteiger partial charge on any atom is 0.123 e. The molecule has 1 aliphatic rings. The molecule has 0 aliphatic heterocycles. The topological polar surface area (TPSA) is 12.0 Å². The van der Waals surface area contributed by atoms with Crippen molar-refractivity contribution in [1.29, 1.82) is 0 Å². The highest BCUT2D eigenvalue weighted by atomic mass is 19.1. The lowest BCUT2D eigenvalue weighted by Gasteiger charge is -2.24. The Morgan fingerprint density at radius 3 is 2.47 bits per heavy atom. The van der Waals surface area contributed by atoms with Crippen LogP contribution in [0.1, 0.15) is 36.9 Å². The largest absolute Gasteiger partial charge is 0.313 e. The van der Waals surface area contributed by atoms with Gasteiger partial charge in [-0.25, -0.2) is 4.39 Å². The first-order valence-corrected chi connectivity index (χ1v) is 5.49. The number of halogens is 1. The van der Waals surface area contributed by atoms with Crippen molar-refractivity contribution in [2.24, 2.45) is 5.41 Å². The SMILES string of the molecule is CNC(c1cc(C)cc(F)c1)C1(C)CC1. The summed E-state index contributed by atoms with van der Waals surface area (Å²) in [4.78, 5) is 0. The van der Waals surface area contributed by atoms with Gasteiger partial charge >= 0.3 is 0 Å². The molecule has 0 aromatic heterocycles. The molecule has 2 heteroatoms. The van der Waals surface area contributed by atoms with E-state index in [4.69, 9.17) is 0 Å². The molecule has 0 bridgehead atoms. The normalized spacial score (nSPS) is 20.0. The van der Waals surface area contributed by atoms with Crippen LogP contribution in [0.15, 0.2) is 18.2 Å². The van der Waals surface area contributed by atoms with Gasteiger partial charge in [0.25, 0.3) is 0 Å². The van der Waals surface area contributed by atoms with Crippen LogP contribution < -0.4 is 5.32 Å². The van der Waals surface area contributed by atoms with E-state index in [1.165, 1.54) is 12.8 Å². The van der Waals surface area contributed by atoms with Crippen molar-refractivity contribution in [3.63, 3.8) is 0 Å². The van der Waals surface area contributed by atoms with E-state index in [0.29, 0.717) is 5.41 Å². The quantitative estimate of drug-likeness (QED) is 0.802. The van der Waals surface area contributed by atoms with Crippen molar-refractivity contribution < 1.29 is 4.39 Å². The van der Waals surface area contributed by atoms with E-state index in [9.17, 15) is 4.39 Å². The summed E-state index contributed by atoms with van der Waals surface area (Å²) in [5.74, 6) is -0.130. The van der Waals surface area contributed by atoms with Crippen molar-refractivity contribution in [1.82, 2.24) is 5.32 Å². The van der Waals surface area contributed by atoms with Gasteiger partial charge in [-0.2, -0.15) is 0 Å². The highest BCUT2D eigenvalue weighted by molar-refractivity contribution is 5.29. The number of benzene rings is 1. The van der Waals surface area contributed by atoms with Crippen LogP contribution in [-0.2, 0) is 0 Å². The molecule has 82 valence electrons. The predicted molar refractivity (Wildman–Crippen MR) is 60.3 cm³/mol. The molecule has 0 heterocycles. The smallest absolute Gasteiger partial charge is 0.123 e. The van der Waals surface area contributed by atoms with Crippen LogP contribution in [0, 0.1) is 18.2 Å². The molecule has 1 aromatic rings. The monoisotopic (exact) mass is 207 g/mol. The van der Waals surface area contributed by atoms with Gasteiger partial charge in [0.15, 0.2) is 0 Å². The summed E-state index contributed by atoms with van der Waals surface area (Å²) < 4.78 is 13.3. The van der Waals surface area contributed by atoms with Crippen molar-refractivity contribution >= 4 is 0 Å². The molecule has 1 aliphatic carbocycles. The summed E-state index contributed by atoms with van der Waals surface area (Å²) in [5.41, 5.74) is 2.40. The van der Waals surface area contributed by atoms with Gasteiger partial charge in [0.1, 0.15) is 5.82 Å². The van der Waals surface area contributed by atoms with E-state index in [1.807, 2.05) is 14.0 Å². The summed E-state index contributed by atoms with van der Waals surface area (Å²) >= 11 is 0. The fraction of sp³-hybridized carbons (Fsp3) is 0.538. The second-order valence-electron chi connectivity index (χ2n) is 4.94. The second kappa shape index (κ2) is 3.60. The van der Waals surface area contributed by atoms with E-state index in [1.54, 1.807) is 12.1 Å². The number of hydrogen-bond acceptors (Lipinski definition) is 1. The Bertz CT molecular complexity index is 349. The molecule has 1 aromatic carbocycles. The van der Waals surface area contributed by atoms with Crippen LogP contribution in [0.5, 0.6) is 0 Å². The Labute approximate surface area is 90.7 Å². The molecule has 0 radical (unpaired) electrons. The van der Waals surface area contributed by atoms with Crippen LogP contribution in [0.2, 0.25) is 0 Å². The first-order chi connectivity index (χ1) is 7.05. The molecule has 0 saturated heterocycles. The molecule has 1 saturated carbocycles. The Morgan fingerprint density at radius 2 is 2.00 bits per heavy atom. The zero-order valence-corrected chi connectivity index (χ0v) is 9.60. The van der Waals surface area contributed by atoms with Crippen LogP contribution in [0.3, 0.4) is 0 Å². The highest BCUT2D eigenvalue weighted by Gasteiger charge is 2.44. The molecular formula is C13H18FN. The van der Waals surface area contributed by atoms with E-state index < -0.39 is 0 Å². The lowest BCUT2D eigenvalue weighted by atomic mass is 9.91. The fourth-order valence-electron chi connectivity index (χ4n) is 2.33. The molecule has 1 N–H and O–H groups in total. The Kier molecular flexibility index (Phi) is 2.55. The van der Waals surface area contributed by atoms with Crippen LogP contribution in [-0.4, -0.2) is 7.05 Å². The van der Waals surface area contributed by atoms with Gasteiger partial charge in [0.2, 0.25) is 0 Å². The van der Waals surface area contributed by atoms with Crippen molar-refractivity contribution in [2.75, 3.05) is 7.05 Å². The second-order valence-corrected chi connectivity index (χ2v) is 4.94. The van der Waals surface area contributed by atoms with Gasteiger partial charge < -0.3 is 5.32 Å². The van der Waals surface area contributed by atoms with E-state index >= 15 is 0 Å². The van der Waals surface area contributed by atoms with Gasteiger partial charge in [0, 0.05) is 6.04 Å². The highest BCUT2D eigenvalue weighted by Crippen LogP contribution is 2.54. The van der Waals surface area contributed by atoms with Crippen LogP contribution in [0.4, 0.5) is 4.39 Å². The standard InChI is InChI=1S/C13H18FN/c1-9-6-10(8-11(14)7-9)12(15-3)13(2)4-5-13/h6-8,12,15H,4-5H2,1-3H3. The van der Waals surface area contributed by atoms with Gasteiger partial charge in [-0.3, -0.25) is 0 Å². The first-order valence-electron chi connectivity index (χ1n) is 5.49. The zero-order chi connectivity index (χ0) is 11.1. The van der Waals surface area contributed by atoms with Crippen molar-refractivity contribution in [3.05, 3.63) is 35.1 Å². The summed E-state index contributed by atoms with van der Waals surface area (Å²) in [6.45, 7) is 4.20. The molecule has 1 fully saturated rings. The third-order valence-corrected chi connectivity index (χ3v) is 3.42. The van der Waals surface area contributed by atoms with E-state index in [2.05, 4.69) is 18.3 Å². The zero-order valence-electron chi connectivity index (χ0n) is 9.60. The van der Waals surface area contributed by atoms with Gasteiger partial charge in [-0.1, -0.05) is 13.0 Å². The lowest BCUT2D eigenvalue weighted by Crippen LogP contribution is -2.24. The van der Waals surface area contributed by atoms with Crippen LogP contribution in [0.25, 0.3) is 0 Å². The molecule has 0 amide bonds. The predicted octanol–water partition coefficient (Wildman–Crippen LogP) is 3.19. The summed E-state index contributed by atoms with van der Waals surface area (Å²) in [7, 11) is 1.95. The Morgan fingerprint density at radius 1 is 1.33 bits per heavy atom. The van der Waals surface area contributed by atoms with Crippen LogP contribution >= 0.6 is 0 Å². The summed E-state index contributed by atoms with van der Waals surface area (Å²) in [6.07, 6.45) is 2.46. The molecule has 15 heavy (non-hydrogen) atoms. The molecule has 1 atom stereocenters. The van der Waals surface area contributed by atoms with E-state index in [0.717, 1.165) is 11.1 Å². The first kappa shape index (κ1) is 10.6. The number of nitrogens with one attached hydrogen (secondary N) is 1. The fourth-order valence-corrected chi connectivity index (χ4v) is 2.33. The molecule has 2 rings (SSSR count). The number of aryl methyl sites for hydroxylation is 1. The third-order valence-electron chi connectivity index (χ3n) is 3.42.